The Labute approximate surface area is 156 Å². The van der Waals surface area contributed by atoms with Crippen molar-refractivity contribution >= 4 is 29.1 Å². The molecule has 3 amide bonds. The lowest BCUT2D eigenvalue weighted by Crippen LogP contribution is -2.45. The molecule has 1 saturated heterocycles. The molecule has 1 aliphatic rings. The Hall–Kier alpha value is -3.22. The van der Waals surface area contributed by atoms with Crippen molar-refractivity contribution < 1.29 is 18.8 Å². The molecule has 2 N–H and O–H groups in total. The first-order valence-electron chi connectivity index (χ1n) is 8.69. The van der Waals surface area contributed by atoms with Crippen LogP contribution in [-0.4, -0.2) is 35.2 Å². The molecule has 1 atom stereocenters. The highest BCUT2D eigenvalue weighted by Gasteiger charge is 2.34. The highest BCUT2D eigenvalue weighted by atomic mass is 19.1. The molecule has 0 spiro atoms. The van der Waals surface area contributed by atoms with Crippen LogP contribution in [0.5, 0.6) is 0 Å². The second kappa shape index (κ2) is 7.99. The quantitative estimate of drug-likeness (QED) is 0.807. The van der Waals surface area contributed by atoms with Gasteiger partial charge in [0.05, 0.1) is 0 Å². The molecule has 0 saturated carbocycles. The first kappa shape index (κ1) is 18.6. The summed E-state index contributed by atoms with van der Waals surface area (Å²) in [6.45, 7) is 1.94. The zero-order valence-corrected chi connectivity index (χ0v) is 14.9. The van der Waals surface area contributed by atoms with E-state index in [-0.39, 0.29) is 17.5 Å². The Bertz CT molecular complexity index is 850. The van der Waals surface area contributed by atoms with Gasteiger partial charge in [0.15, 0.2) is 5.78 Å². The molecule has 3 rings (SSSR count). The second-order valence-electron chi connectivity index (χ2n) is 6.41. The molecule has 0 aromatic heterocycles. The van der Waals surface area contributed by atoms with Crippen molar-refractivity contribution in [1.29, 1.82) is 0 Å². The average Bonchev–Trinajstić information content (AvgIpc) is 3.14. The van der Waals surface area contributed by atoms with Crippen molar-refractivity contribution in [2.45, 2.75) is 25.8 Å². The molecule has 0 aliphatic carbocycles. The maximum Gasteiger partial charge on any atom is 0.322 e. The zero-order valence-electron chi connectivity index (χ0n) is 14.9. The van der Waals surface area contributed by atoms with Gasteiger partial charge in [-0.2, -0.15) is 0 Å². The van der Waals surface area contributed by atoms with Gasteiger partial charge in [0.1, 0.15) is 11.9 Å². The minimum absolute atomic E-state index is 0.0488. The van der Waals surface area contributed by atoms with Crippen LogP contribution in [0, 0.1) is 5.82 Å². The summed E-state index contributed by atoms with van der Waals surface area (Å²) >= 11 is 0. The van der Waals surface area contributed by atoms with Crippen LogP contribution in [0.1, 0.15) is 30.1 Å². The van der Waals surface area contributed by atoms with Crippen LogP contribution in [0.2, 0.25) is 0 Å². The van der Waals surface area contributed by atoms with E-state index in [1.807, 2.05) is 0 Å². The third-order valence-corrected chi connectivity index (χ3v) is 4.47. The van der Waals surface area contributed by atoms with Crippen LogP contribution >= 0.6 is 0 Å². The van der Waals surface area contributed by atoms with E-state index < -0.39 is 12.1 Å². The number of hydrogen-bond donors (Lipinski definition) is 2. The number of urea groups is 1. The van der Waals surface area contributed by atoms with Gasteiger partial charge in [-0.25, -0.2) is 9.18 Å². The highest BCUT2D eigenvalue weighted by molar-refractivity contribution is 6.00. The van der Waals surface area contributed by atoms with Crippen LogP contribution < -0.4 is 10.6 Å². The maximum atomic E-state index is 13.0. The van der Waals surface area contributed by atoms with Crippen LogP contribution in [-0.2, 0) is 4.79 Å². The van der Waals surface area contributed by atoms with Crippen molar-refractivity contribution in [2.24, 2.45) is 0 Å². The fourth-order valence-electron chi connectivity index (χ4n) is 3.02. The molecule has 6 nitrogen and oxygen atoms in total. The van der Waals surface area contributed by atoms with Crippen LogP contribution in [0.4, 0.5) is 20.6 Å². The lowest BCUT2D eigenvalue weighted by Gasteiger charge is -2.24. The normalized spacial score (nSPS) is 16.1. The van der Waals surface area contributed by atoms with Gasteiger partial charge in [-0.1, -0.05) is 0 Å². The molecule has 7 heteroatoms. The maximum absolute atomic E-state index is 13.0. The molecule has 140 valence electrons. The number of hydrogen-bond acceptors (Lipinski definition) is 3. The van der Waals surface area contributed by atoms with Crippen molar-refractivity contribution in [3.8, 4) is 0 Å². The summed E-state index contributed by atoms with van der Waals surface area (Å²) in [5.74, 6) is -0.716. The van der Waals surface area contributed by atoms with E-state index in [1.54, 1.807) is 24.3 Å². The second-order valence-corrected chi connectivity index (χ2v) is 6.41. The molecule has 27 heavy (non-hydrogen) atoms. The standard InChI is InChI=1S/C20H20FN3O3/c1-13(25)14-4-8-16(9-5-14)22-19(26)18-3-2-12-24(18)20(27)23-17-10-6-15(21)7-11-17/h4-11,18H,2-3,12H2,1H3,(H,22,26)(H,23,27). The summed E-state index contributed by atoms with van der Waals surface area (Å²) < 4.78 is 13.0. The number of carbonyl (C=O) groups excluding carboxylic acids is 3. The summed E-state index contributed by atoms with van der Waals surface area (Å²) in [5.41, 5.74) is 1.59. The van der Waals surface area contributed by atoms with Gasteiger partial charge in [-0.05, 0) is 68.3 Å². The fourth-order valence-corrected chi connectivity index (χ4v) is 3.02. The van der Waals surface area contributed by atoms with Crippen LogP contribution in [0.15, 0.2) is 48.5 Å². The van der Waals surface area contributed by atoms with Gasteiger partial charge >= 0.3 is 6.03 Å². The number of anilines is 2. The molecule has 0 bridgehead atoms. The molecule has 1 heterocycles. The number of Topliss-reactive ketones (excluding diaryl/α,β-unsaturated/α-hetero) is 1. The van der Waals surface area contributed by atoms with E-state index in [4.69, 9.17) is 0 Å². The van der Waals surface area contributed by atoms with Gasteiger partial charge in [-0.15, -0.1) is 0 Å². The van der Waals surface area contributed by atoms with E-state index >= 15 is 0 Å². The van der Waals surface area contributed by atoms with Crippen molar-refractivity contribution in [3.05, 3.63) is 59.9 Å². The monoisotopic (exact) mass is 369 g/mol. The molecule has 2 aromatic carbocycles. The van der Waals surface area contributed by atoms with Gasteiger partial charge in [0.2, 0.25) is 5.91 Å². The number of benzene rings is 2. The van der Waals surface area contributed by atoms with Crippen molar-refractivity contribution in [1.82, 2.24) is 4.90 Å². The first-order chi connectivity index (χ1) is 12.9. The Morgan fingerprint density at radius 3 is 2.19 bits per heavy atom. The molecule has 0 radical (unpaired) electrons. The zero-order chi connectivity index (χ0) is 19.4. The number of amides is 3. The van der Waals surface area contributed by atoms with Gasteiger partial charge in [0, 0.05) is 23.5 Å². The number of rotatable bonds is 4. The van der Waals surface area contributed by atoms with E-state index in [9.17, 15) is 18.8 Å². The predicted octanol–water partition coefficient (Wildman–Crippen LogP) is 3.66. The summed E-state index contributed by atoms with van der Waals surface area (Å²) in [7, 11) is 0. The predicted molar refractivity (Wildman–Crippen MR) is 100 cm³/mol. The number of nitrogens with one attached hydrogen (secondary N) is 2. The minimum Gasteiger partial charge on any atom is -0.324 e. The molecular weight excluding hydrogens is 349 g/mol. The average molecular weight is 369 g/mol. The first-order valence-corrected chi connectivity index (χ1v) is 8.69. The third kappa shape index (κ3) is 4.49. The molecule has 1 fully saturated rings. The number of ketones is 1. The van der Waals surface area contributed by atoms with Gasteiger partial charge in [-0.3, -0.25) is 9.59 Å². The lowest BCUT2D eigenvalue weighted by atomic mass is 10.1. The number of halogens is 1. The molecule has 1 unspecified atom stereocenters. The summed E-state index contributed by atoms with van der Waals surface area (Å²) in [6.07, 6.45) is 1.28. The Morgan fingerprint density at radius 2 is 1.56 bits per heavy atom. The van der Waals surface area contributed by atoms with Gasteiger partial charge < -0.3 is 15.5 Å². The Morgan fingerprint density at radius 1 is 0.963 bits per heavy atom. The number of likely N-dealkylation sites (tertiary alicyclic amines) is 1. The smallest absolute Gasteiger partial charge is 0.322 e. The number of nitrogens with zero attached hydrogens (tertiary/aromatic N) is 1. The molecule has 1 aliphatic heterocycles. The minimum atomic E-state index is -0.585. The third-order valence-electron chi connectivity index (χ3n) is 4.47. The fraction of sp³-hybridized carbons (Fsp3) is 0.250. The van der Waals surface area contributed by atoms with E-state index in [1.165, 1.54) is 36.1 Å². The van der Waals surface area contributed by atoms with E-state index in [0.717, 1.165) is 6.42 Å². The highest BCUT2D eigenvalue weighted by Crippen LogP contribution is 2.21. The summed E-state index contributed by atoms with van der Waals surface area (Å²) in [5, 5.41) is 5.47. The van der Waals surface area contributed by atoms with Gasteiger partial charge in [0.25, 0.3) is 0 Å². The van der Waals surface area contributed by atoms with Crippen molar-refractivity contribution in [2.75, 3.05) is 17.2 Å². The van der Waals surface area contributed by atoms with Crippen LogP contribution in [0.3, 0.4) is 0 Å². The molecule has 2 aromatic rings. The Balaban J connectivity index is 1.64. The largest absolute Gasteiger partial charge is 0.324 e. The van der Waals surface area contributed by atoms with Crippen molar-refractivity contribution in [3.63, 3.8) is 0 Å². The summed E-state index contributed by atoms with van der Waals surface area (Å²) in [4.78, 5) is 37.9. The van der Waals surface area contributed by atoms with Crippen LogP contribution in [0.25, 0.3) is 0 Å². The topological polar surface area (TPSA) is 78.5 Å². The lowest BCUT2D eigenvalue weighted by molar-refractivity contribution is -0.119. The van der Waals surface area contributed by atoms with E-state index in [0.29, 0.717) is 29.9 Å². The number of carbonyl (C=O) groups is 3. The van der Waals surface area contributed by atoms with E-state index in [2.05, 4.69) is 10.6 Å². The molecular formula is C20H20FN3O3. The summed E-state index contributed by atoms with van der Waals surface area (Å²) in [6, 6.07) is 11.1. The Kier molecular flexibility index (Phi) is 5.49. The SMILES string of the molecule is CC(=O)c1ccc(NC(=O)C2CCCN2C(=O)Nc2ccc(F)cc2)cc1.